The first-order chi connectivity index (χ1) is 18.1. The minimum atomic E-state index is -1.10. The van der Waals surface area contributed by atoms with E-state index in [0.29, 0.717) is 38.4 Å². The zero-order valence-electron chi connectivity index (χ0n) is 23.4. The van der Waals surface area contributed by atoms with E-state index in [4.69, 9.17) is 25.8 Å². The maximum atomic E-state index is 13.0. The standard InChI is InChI=1S/C31H45ClO6/c1-17(2)24-10-21-13-30(16-33,31(24,14-21)29(34)35)25-12-26(32)19(4)22(25)8-6-7-9-36-27-11-23-18(3)15-37-28(23)20(5)38-27/h10,16-17,19-23,25-28H,3,6-9,11-15H2,1-2,4-5H3,(H,34,35)/t19?,20?,21?,22?,23?,25?,26?,27?,28?,30-,31+/m0/s1. The van der Waals surface area contributed by atoms with Crippen molar-refractivity contribution in [2.24, 2.45) is 46.3 Å². The number of aldehydes is 1. The molecule has 5 aliphatic rings. The molecule has 9 unspecified atom stereocenters. The molecule has 6 nitrogen and oxygen atoms in total. The molecule has 0 amide bonds. The van der Waals surface area contributed by atoms with Crippen LogP contribution in [0, 0.1) is 46.3 Å². The van der Waals surface area contributed by atoms with Crippen LogP contribution in [-0.2, 0) is 23.8 Å². The van der Waals surface area contributed by atoms with Gasteiger partial charge in [0, 0.05) is 29.7 Å². The first kappa shape index (κ1) is 28.3. The number of unbranched alkanes of at least 4 members (excludes halogenated alkanes) is 1. The summed E-state index contributed by atoms with van der Waals surface area (Å²) in [6.45, 7) is 13.7. The SMILES string of the molecule is C=C1COC2C(C)OC(OCCCCC3C(C)C(Cl)CC3[C@@]3(C=O)CC4C=C(C(C)C)[C@@]3(C(=O)O)C4)CC12. The van der Waals surface area contributed by atoms with Gasteiger partial charge in [-0.25, -0.2) is 0 Å². The van der Waals surface area contributed by atoms with Gasteiger partial charge in [0.2, 0.25) is 0 Å². The summed E-state index contributed by atoms with van der Waals surface area (Å²) in [5.41, 5.74) is 0.104. The molecular weight excluding hydrogens is 504 g/mol. The van der Waals surface area contributed by atoms with E-state index >= 15 is 0 Å². The number of ether oxygens (including phenoxy) is 3. The number of carbonyl (C=O) groups is 2. The maximum absolute atomic E-state index is 13.0. The predicted molar refractivity (Wildman–Crippen MR) is 146 cm³/mol. The van der Waals surface area contributed by atoms with Crippen molar-refractivity contribution in [1.82, 2.24) is 0 Å². The van der Waals surface area contributed by atoms with Crippen LogP contribution in [0.15, 0.2) is 23.8 Å². The normalized spacial score (nSPS) is 46.0. The van der Waals surface area contributed by atoms with Gasteiger partial charge < -0.3 is 24.1 Å². The van der Waals surface area contributed by atoms with Crippen molar-refractivity contribution in [2.75, 3.05) is 13.2 Å². The molecule has 5 rings (SSSR count). The third-order valence-electron chi connectivity index (χ3n) is 10.9. The number of fused-ring (bicyclic) bond motifs is 3. The first-order valence-electron chi connectivity index (χ1n) is 14.7. The fraction of sp³-hybridized carbons (Fsp3) is 0.806. The second-order valence-electron chi connectivity index (χ2n) is 13.1. The molecule has 0 spiro atoms. The summed E-state index contributed by atoms with van der Waals surface area (Å²) in [5, 5.41) is 10.6. The van der Waals surface area contributed by atoms with Crippen molar-refractivity contribution in [3.05, 3.63) is 23.8 Å². The Hall–Kier alpha value is -1.21. The summed E-state index contributed by atoms with van der Waals surface area (Å²) in [7, 11) is 0. The quantitative estimate of drug-likeness (QED) is 0.155. The van der Waals surface area contributed by atoms with Gasteiger partial charge in [-0.1, -0.05) is 45.4 Å². The second kappa shape index (κ2) is 10.6. The van der Waals surface area contributed by atoms with Crippen molar-refractivity contribution in [1.29, 1.82) is 0 Å². The Morgan fingerprint density at radius 1 is 1.29 bits per heavy atom. The van der Waals surface area contributed by atoms with Gasteiger partial charge in [-0.05, 0) is 74.2 Å². The average Bonchev–Trinajstić information content (AvgIpc) is 3.61. The van der Waals surface area contributed by atoms with Crippen molar-refractivity contribution < 1.29 is 28.9 Å². The van der Waals surface area contributed by atoms with E-state index in [0.717, 1.165) is 43.1 Å². The summed E-state index contributed by atoms with van der Waals surface area (Å²) in [5.74, 6) is 0.172. The molecule has 2 saturated carbocycles. The van der Waals surface area contributed by atoms with Gasteiger partial charge in [-0.15, -0.1) is 11.6 Å². The highest BCUT2D eigenvalue weighted by Crippen LogP contribution is 2.71. The molecule has 38 heavy (non-hydrogen) atoms. The van der Waals surface area contributed by atoms with Gasteiger partial charge in [-0.3, -0.25) is 4.79 Å². The van der Waals surface area contributed by atoms with Gasteiger partial charge in [0.15, 0.2) is 6.29 Å². The van der Waals surface area contributed by atoms with Gasteiger partial charge >= 0.3 is 5.97 Å². The average molecular weight is 549 g/mol. The fourth-order valence-electron chi connectivity index (χ4n) is 9.09. The van der Waals surface area contributed by atoms with Crippen molar-refractivity contribution in [3.63, 3.8) is 0 Å². The molecule has 2 heterocycles. The largest absolute Gasteiger partial charge is 0.481 e. The Morgan fingerprint density at radius 2 is 2.05 bits per heavy atom. The third kappa shape index (κ3) is 4.33. The lowest BCUT2D eigenvalue weighted by atomic mass is 9.52. The zero-order valence-corrected chi connectivity index (χ0v) is 24.1. The molecule has 212 valence electrons. The topological polar surface area (TPSA) is 82.1 Å². The Labute approximate surface area is 232 Å². The third-order valence-corrected chi connectivity index (χ3v) is 11.4. The lowest BCUT2D eigenvalue weighted by Crippen LogP contribution is -2.53. The lowest BCUT2D eigenvalue weighted by Gasteiger charge is -2.48. The van der Waals surface area contributed by atoms with Gasteiger partial charge in [0.1, 0.15) is 11.7 Å². The number of halogens is 1. The van der Waals surface area contributed by atoms with E-state index in [1.54, 1.807) is 0 Å². The number of carboxylic acids is 1. The molecule has 7 heteroatoms. The van der Waals surface area contributed by atoms with Crippen LogP contribution in [0.4, 0.5) is 0 Å². The number of allylic oxidation sites excluding steroid dienone is 1. The molecule has 2 bridgehead atoms. The molecule has 0 aromatic carbocycles. The smallest absolute Gasteiger partial charge is 0.314 e. The summed E-state index contributed by atoms with van der Waals surface area (Å²) in [6, 6.07) is 0. The molecule has 11 atom stereocenters. The molecule has 4 fully saturated rings. The minimum absolute atomic E-state index is 0.00800. The van der Waals surface area contributed by atoms with Crippen molar-refractivity contribution in [2.45, 2.75) is 96.5 Å². The van der Waals surface area contributed by atoms with Crippen molar-refractivity contribution in [3.8, 4) is 0 Å². The highest BCUT2D eigenvalue weighted by molar-refractivity contribution is 6.21. The van der Waals surface area contributed by atoms with E-state index in [-0.39, 0.29) is 53.5 Å². The summed E-state index contributed by atoms with van der Waals surface area (Å²) >= 11 is 6.85. The summed E-state index contributed by atoms with van der Waals surface area (Å²) in [4.78, 5) is 26.0. The number of carboxylic acid groups (broad SMARTS) is 1. The van der Waals surface area contributed by atoms with Crippen molar-refractivity contribution >= 4 is 23.9 Å². The van der Waals surface area contributed by atoms with Crippen LogP contribution >= 0.6 is 11.6 Å². The number of alkyl halides is 1. The minimum Gasteiger partial charge on any atom is -0.481 e. The van der Waals surface area contributed by atoms with E-state index in [9.17, 15) is 14.7 Å². The van der Waals surface area contributed by atoms with Gasteiger partial charge in [0.05, 0.1) is 18.8 Å². The van der Waals surface area contributed by atoms with E-state index < -0.39 is 16.8 Å². The molecule has 1 N–H and O–H groups in total. The van der Waals surface area contributed by atoms with E-state index in [2.05, 4.69) is 33.4 Å². The Bertz CT molecular complexity index is 977. The Balaban J connectivity index is 1.23. The second-order valence-corrected chi connectivity index (χ2v) is 13.7. The van der Waals surface area contributed by atoms with E-state index in [1.807, 2.05) is 6.92 Å². The number of hydrogen-bond donors (Lipinski definition) is 1. The lowest BCUT2D eigenvalue weighted by molar-refractivity contribution is -0.226. The Morgan fingerprint density at radius 3 is 2.74 bits per heavy atom. The molecule has 3 aliphatic carbocycles. The fourth-order valence-corrected chi connectivity index (χ4v) is 9.47. The van der Waals surface area contributed by atoms with Gasteiger partial charge in [-0.2, -0.15) is 0 Å². The highest BCUT2D eigenvalue weighted by Gasteiger charge is 2.71. The van der Waals surface area contributed by atoms with Crippen LogP contribution < -0.4 is 0 Å². The van der Waals surface area contributed by atoms with Crippen LogP contribution in [0.1, 0.15) is 72.6 Å². The van der Waals surface area contributed by atoms with Crippen LogP contribution in [0.5, 0.6) is 0 Å². The predicted octanol–water partition coefficient (Wildman–Crippen LogP) is 6.02. The maximum Gasteiger partial charge on any atom is 0.314 e. The molecule has 0 aromatic heterocycles. The first-order valence-corrected chi connectivity index (χ1v) is 15.1. The van der Waals surface area contributed by atoms with Crippen LogP contribution in [0.25, 0.3) is 0 Å². The monoisotopic (exact) mass is 548 g/mol. The number of aliphatic carboxylic acids is 1. The number of hydrogen-bond acceptors (Lipinski definition) is 5. The molecule has 2 aliphatic heterocycles. The number of rotatable bonds is 10. The molecule has 0 radical (unpaired) electrons. The van der Waals surface area contributed by atoms with E-state index in [1.165, 1.54) is 0 Å². The van der Waals surface area contributed by atoms with Crippen LogP contribution in [0.3, 0.4) is 0 Å². The van der Waals surface area contributed by atoms with Gasteiger partial charge in [0.25, 0.3) is 0 Å². The number of carbonyl (C=O) groups excluding carboxylic acids is 1. The molecule has 2 saturated heterocycles. The highest BCUT2D eigenvalue weighted by atomic mass is 35.5. The van der Waals surface area contributed by atoms with Crippen LogP contribution in [0.2, 0.25) is 0 Å². The zero-order chi connectivity index (χ0) is 27.4. The summed E-state index contributed by atoms with van der Waals surface area (Å²) < 4.78 is 18.0. The summed E-state index contributed by atoms with van der Waals surface area (Å²) in [6.07, 6.45) is 8.47. The van der Waals surface area contributed by atoms with Crippen LogP contribution in [-0.4, -0.2) is 54.5 Å². The molecular formula is C31H45ClO6. The Kier molecular flexibility index (Phi) is 7.93. The molecule has 0 aromatic rings.